The second-order valence-corrected chi connectivity index (χ2v) is 12.9. The van der Waals surface area contributed by atoms with Gasteiger partial charge in [0.25, 0.3) is 5.78 Å². The number of allylic oxidation sites excluding steroid dienone is 7. The number of carbonyl (C=O) groups is 5. The van der Waals surface area contributed by atoms with Gasteiger partial charge in [0.2, 0.25) is 11.7 Å². The molecule has 0 fully saturated rings. The van der Waals surface area contributed by atoms with Crippen LogP contribution in [-0.2, 0) is 14.4 Å². The zero-order valence-corrected chi connectivity index (χ0v) is 29.0. The van der Waals surface area contributed by atoms with Crippen LogP contribution in [0, 0.1) is 24.7 Å². The third kappa shape index (κ3) is 9.38. The van der Waals surface area contributed by atoms with Gasteiger partial charge in [-0.1, -0.05) is 75.5 Å². The number of nitrogens with one attached hydrogen (secondary N) is 1. The van der Waals surface area contributed by atoms with Crippen molar-refractivity contribution in [3.63, 3.8) is 0 Å². The second kappa shape index (κ2) is 17.1. The van der Waals surface area contributed by atoms with Crippen molar-refractivity contribution in [2.75, 3.05) is 0 Å². The highest BCUT2D eigenvalue weighted by Gasteiger charge is 2.39. The number of phenols is 1. The van der Waals surface area contributed by atoms with E-state index in [0.29, 0.717) is 5.57 Å². The molecular weight excluding hydrogens is 642 g/mol. The van der Waals surface area contributed by atoms with Gasteiger partial charge in [0.1, 0.15) is 11.4 Å². The maximum atomic E-state index is 13.7. The molecule has 11 nitrogen and oxygen atoms in total. The summed E-state index contributed by atoms with van der Waals surface area (Å²) < 4.78 is 0. The smallest absolute Gasteiger partial charge is 0.253 e. The van der Waals surface area contributed by atoms with Crippen molar-refractivity contribution in [1.29, 1.82) is 0 Å². The van der Waals surface area contributed by atoms with Crippen molar-refractivity contribution in [2.45, 2.75) is 72.7 Å². The Morgan fingerprint density at radius 2 is 1.38 bits per heavy atom. The molecular formula is C39H45NO10. The van der Waals surface area contributed by atoms with Crippen LogP contribution in [0.4, 0.5) is 0 Å². The van der Waals surface area contributed by atoms with Crippen LogP contribution >= 0.6 is 0 Å². The maximum absolute atomic E-state index is 13.7. The molecule has 0 radical (unpaired) electrons. The fraction of sp³-hybridized carbons (Fsp3) is 0.359. The number of aromatic hydroxyl groups is 1. The Balaban J connectivity index is 2.07. The van der Waals surface area contributed by atoms with E-state index in [-0.39, 0.29) is 35.3 Å². The highest BCUT2D eigenvalue weighted by atomic mass is 16.3. The number of phenolic OH excluding ortho intramolecular Hbond substituents is 1. The summed E-state index contributed by atoms with van der Waals surface area (Å²) in [6, 6.07) is 1.23. The van der Waals surface area contributed by atoms with Crippen molar-refractivity contribution in [2.24, 2.45) is 17.8 Å². The first-order chi connectivity index (χ1) is 23.5. The first-order valence-corrected chi connectivity index (χ1v) is 16.3. The molecule has 6 atom stereocenters. The average Bonchev–Trinajstić information content (AvgIpc) is 3.07. The number of carbonyl (C=O) groups excluding carboxylic acids is 5. The molecule has 1 aromatic rings. The Kier molecular flexibility index (Phi) is 13.5. The molecule has 2 aliphatic heterocycles. The van der Waals surface area contributed by atoms with Crippen molar-refractivity contribution < 1.29 is 49.5 Å². The van der Waals surface area contributed by atoms with E-state index in [1.165, 1.54) is 44.2 Å². The monoisotopic (exact) mass is 687 g/mol. The van der Waals surface area contributed by atoms with E-state index in [2.05, 4.69) is 5.32 Å². The summed E-state index contributed by atoms with van der Waals surface area (Å²) >= 11 is 0. The van der Waals surface area contributed by atoms with Gasteiger partial charge in [0.15, 0.2) is 17.3 Å². The van der Waals surface area contributed by atoms with E-state index in [0.717, 1.165) is 6.08 Å². The molecule has 50 heavy (non-hydrogen) atoms. The number of benzene rings is 1. The summed E-state index contributed by atoms with van der Waals surface area (Å²) in [7, 11) is 0. The van der Waals surface area contributed by atoms with Crippen molar-refractivity contribution in [1.82, 2.24) is 5.32 Å². The normalized spacial score (nSPS) is 30.3. The summed E-state index contributed by atoms with van der Waals surface area (Å²) in [6.45, 7) is 9.57. The molecule has 4 rings (SSSR count). The van der Waals surface area contributed by atoms with E-state index in [9.17, 15) is 49.5 Å². The number of ketones is 4. The van der Waals surface area contributed by atoms with E-state index in [1.54, 1.807) is 58.1 Å². The number of hydrogen-bond donors (Lipinski definition) is 6. The predicted octanol–water partition coefficient (Wildman–Crippen LogP) is 4.46. The van der Waals surface area contributed by atoms with Gasteiger partial charge in [0, 0.05) is 35.8 Å². The van der Waals surface area contributed by atoms with E-state index < -0.39 is 87.7 Å². The summed E-state index contributed by atoms with van der Waals surface area (Å²) in [5, 5.41) is 56.2. The topological polar surface area (TPSA) is 199 Å². The third-order valence-electron chi connectivity index (χ3n) is 8.81. The van der Waals surface area contributed by atoms with Crippen LogP contribution in [0.5, 0.6) is 5.75 Å². The van der Waals surface area contributed by atoms with Gasteiger partial charge in [-0.2, -0.15) is 0 Å². The zero-order valence-electron chi connectivity index (χ0n) is 29.0. The first-order valence-electron chi connectivity index (χ1n) is 16.3. The standard InChI is InChI=1S/C39H45NO10/c1-20-11-9-7-8-10-12-30(44)40-33-37(48)27-18-25(6)36(47)32(31(27)38(49)39(33)50)35(46)24(5)17-23(4)34(45)22(3)14-16-26(41)15-13-21(2)29(43)19-28(20)42/h7-14,16-18,20,22-23,26,28,34,41-42,45,47-48H,15,19H2,1-6H3,(H,40,44)/b8-7+,11-9-,12-10+,16-14+,21-13+,24-17?/t20-,22+,23+,26+,28+,34+/m1/s1. The van der Waals surface area contributed by atoms with Gasteiger partial charge in [-0.05, 0) is 50.0 Å². The number of rotatable bonds is 0. The van der Waals surface area contributed by atoms with Crippen LogP contribution in [0.2, 0.25) is 0 Å². The molecule has 11 heteroatoms. The molecule has 0 aromatic heterocycles. The quantitative estimate of drug-likeness (QED) is 0.167. The van der Waals surface area contributed by atoms with Gasteiger partial charge in [-0.3, -0.25) is 24.0 Å². The van der Waals surface area contributed by atoms with Crippen LogP contribution in [0.3, 0.4) is 0 Å². The van der Waals surface area contributed by atoms with Gasteiger partial charge in [-0.25, -0.2) is 0 Å². The number of fused-ring (bicyclic) bond motifs is 18. The fourth-order valence-corrected chi connectivity index (χ4v) is 5.53. The number of amides is 1. The highest BCUT2D eigenvalue weighted by Crippen LogP contribution is 2.37. The molecule has 266 valence electrons. The number of aliphatic hydroxyl groups is 4. The van der Waals surface area contributed by atoms with Crippen LogP contribution in [0.25, 0.3) is 5.76 Å². The lowest BCUT2D eigenvalue weighted by Gasteiger charge is -2.23. The Labute approximate surface area is 291 Å². The first kappa shape index (κ1) is 39.5. The molecule has 6 N–H and O–H groups in total. The van der Waals surface area contributed by atoms with E-state index in [1.807, 2.05) is 0 Å². The molecule has 0 spiro atoms. The Morgan fingerprint density at radius 1 is 0.720 bits per heavy atom. The minimum absolute atomic E-state index is 0.0421. The number of hydrogen-bond acceptors (Lipinski definition) is 10. The molecule has 2 heterocycles. The summed E-state index contributed by atoms with van der Waals surface area (Å²) in [4.78, 5) is 65.5. The zero-order chi connectivity index (χ0) is 37.4. The van der Waals surface area contributed by atoms with Crippen molar-refractivity contribution in [3.05, 3.63) is 106 Å². The number of Topliss-reactive ketones (excluding diaryl/α,β-unsaturated/α-hetero) is 4. The van der Waals surface area contributed by atoms with Crippen molar-refractivity contribution >= 4 is 34.8 Å². The molecule has 1 amide bonds. The maximum Gasteiger partial charge on any atom is 0.253 e. The largest absolute Gasteiger partial charge is 0.507 e. The van der Waals surface area contributed by atoms with Crippen LogP contribution in [0.15, 0.2) is 83.7 Å². The minimum Gasteiger partial charge on any atom is -0.507 e. The summed E-state index contributed by atoms with van der Waals surface area (Å²) in [5.41, 5.74) is -1.36. The van der Waals surface area contributed by atoms with Crippen LogP contribution in [-0.4, -0.2) is 72.9 Å². The lowest BCUT2D eigenvalue weighted by Crippen LogP contribution is -2.35. The van der Waals surface area contributed by atoms with Gasteiger partial charge < -0.3 is 30.8 Å². The molecule has 0 unspecified atom stereocenters. The van der Waals surface area contributed by atoms with E-state index in [4.69, 9.17) is 0 Å². The fourth-order valence-electron chi connectivity index (χ4n) is 5.53. The molecule has 4 bridgehead atoms. The van der Waals surface area contributed by atoms with Crippen LogP contribution in [0.1, 0.15) is 79.3 Å². The van der Waals surface area contributed by atoms with E-state index >= 15 is 0 Å². The second-order valence-electron chi connectivity index (χ2n) is 12.9. The lowest BCUT2D eigenvalue weighted by atomic mass is 9.82. The van der Waals surface area contributed by atoms with Crippen LogP contribution < -0.4 is 5.32 Å². The Morgan fingerprint density at radius 3 is 2.06 bits per heavy atom. The SMILES string of the molecule is CC1=C[C@H](C)[C@@H](O)[C@@H](C)/C=C/[C@@H](O)C/C=C(\C)C(=O)C[C@H](O)[C@H](C)\C=C/C=C/C=C/C(=O)NC2=C(O)c3cc(C)c(O)c(c3C(=O)C2=O)C1=O. The van der Waals surface area contributed by atoms with Gasteiger partial charge >= 0.3 is 0 Å². The number of aryl methyl sites for hydroxylation is 1. The van der Waals surface area contributed by atoms with Crippen molar-refractivity contribution in [3.8, 4) is 5.75 Å². The predicted molar refractivity (Wildman–Crippen MR) is 188 cm³/mol. The molecule has 3 aliphatic rings. The molecule has 1 aromatic carbocycles. The number of aliphatic hydroxyl groups excluding tert-OH is 4. The minimum atomic E-state index is -1.29. The Bertz CT molecular complexity index is 1770. The lowest BCUT2D eigenvalue weighted by molar-refractivity contribution is -0.118. The molecule has 0 saturated carbocycles. The summed E-state index contributed by atoms with van der Waals surface area (Å²) in [6.07, 6.45) is 11.9. The molecule has 0 saturated heterocycles. The summed E-state index contributed by atoms with van der Waals surface area (Å²) in [5.74, 6) is -7.27. The third-order valence-corrected chi connectivity index (χ3v) is 8.81. The molecule has 1 aliphatic carbocycles. The van der Waals surface area contributed by atoms with Gasteiger partial charge in [0.05, 0.1) is 29.4 Å². The van der Waals surface area contributed by atoms with Gasteiger partial charge in [-0.15, -0.1) is 0 Å². The average molecular weight is 688 g/mol. The Hall–Kier alpha value is -4.97. The highest BCUT2D eigenvalue weighted by molar-refractivity contribution is 6.53.